The van der Waals surface area contributed by atoms with Gasteiger partial charge in [-0.25, -0.2) is 0 Å². The quantitative estimate of drug-likeness (QED) is 0.258. The number of aliphatic hydroxyl groups is 5. The van der Waals surface area contributed by atoms with E-state index in [0.29, 0.717) is 11.8 Å². The van der Waals surface area contributed by atoms with Gasteiger partial charge >= 0.3 is 5.97 Å². The minimum atomic E-state index is -1.54. The van der Waals surface area contributed by atoms with Crippen molar-refractivity contribution in [1.29, 1.82) is 0 Å². The monoisotopic (exact) mass is 526 g/mol. The Labute approximate surface area is 219 Å². The van der Waals surface area contributed by atoms with Crippen LogP contribution in [0.3, 0.4) is 0 Å². The molecule has 4 rings (SSSR count). The lowest BCUT2D eigenvalue weighted by Gasteiger charge is -2.61. The minimum Gasteiger partial charge on any atom is -0.459 e. The van der Waals surface area contributed by atoms with E-state index >= 15 is 0 Å². The van der Waals surface area contributed by atoms with Crippen molar-refractivity contribution in [3.8, 4) is 0 Å². The number of esters is 1. The Kier molecular flexibility index (Phi) is 8.20. The summed E-state index contributed by atoms with van der Waals surface area (Å²) in [6, 6.07) is 0. The van der Waals surface area contributed by atoms with Crippen LogP contribution in [0, 0.1) is 28.1 Å². The van der Waals surface area contributed by atoms with Gasteiger partial charge < -0.3 is 39.7 Å². The molecule has 0 aromatic carbocycles. The molecule has 212 valence electrons. The van der Waals surface area contributed by atoms with E-state index in [-0.39, 0.29) is 23.5 Å². The van der Waals surface area contributed by atoms with Gasteiger partial charge in [-0.15, -0.1) is 0 Å². The molecular weight excluding hydrogens is 480 g/mol. The van der Waals surface area contributed by atoms with Crippen LogP contribution in [-0.2, 0) is 19.0 Å². The van der Waals surface area contributed by atoms with Crippen LogP contribution in [0.25, 0.3) is 0 Å². The van der Waals surface area contributed by atoms with Crippen LogP contribution in [-0.4, -0.2) is 87.6 Å². The number of hydrogen-bond donors (Lipinski definition) is 5. The zero-order chi connectivity index (χ0) is 27.3. The summed E-state index contributed by atoms with van der Waals surface area (Å²) in [5, 5.41) is 50.7. The number of hydrogen-bond acceptors (Lipinski definition) is 9. The summed E-state index contributed by atoms with van der Waals surface area (Å²) in [4.78, 5) is 12.1. The molecule has 9 heteroatoms. The zero-order valence-corrected chi connectivity index (χ0v) is 22.8. The first-order valence-corrected chi connectivity index (χ1v) is 13.7. The zero-order valence-electron chi connectivity index (χ0n) is 22.8. The van der Waals surface area contributed by atoms with Gasteiger partial charge in [-0.1, -0.05) is 39.3 Å². The molecule has 37 heavy (non-hydrogen) atoms. The normalized spacial score (nSPS) is 46.3. The molecule has 3 fully saturated rings. The lowest BCUT2D eigenvalue weighted by Crippen LogP contribution is -2.59. The third-order valence-corrected chi connectivity index (χ3v) is 10.3. The highest BCUT2D eigenvalue weighted by Gasteiger charge is 2.57. The number of rotatable bonds is 6. The second-order valence-electron chi connectivity index (χ2n) is 12.9. The smallest absolute Gasteiger partial charge is 0.303 e. The Morgan fingerprint density at radius 2 is 1.76 bits per heavy atom. The van der Waals surface area contributed by atoms with Gasteiger partial charge in [0.1, 0.15) is 30.5 Å². The summed E-state index contributed by atoms with van der Waals surface area (Å²) in [5.74, 6) is 0.410. The molecule has 9 nitrogen and oxygen atoms in total. The first-order chi connectivity index (χ1) is 17.2. The maximum atomic E-state index is 12.1. The number of allylic oxidation sites excluding steroid dienone is 1. The van der Waals surface area contributed by atoms with E-state index in [4.69, 9.17) is 14.2 Å². The average Bonchev–Trinajstić information content (AvgIpc) is 2.83. The molecule has 1 aliphatic heterocycles. The first-order valence-electron chi connectivity index (χ1n) is 13.7. The highest BCUT2D eigenvalue weighted by Crippen LogP contribution is 2.64. The summed E-state index contributed by atoms with van der Waals surface area (Å²) in [5.41, 5.74) is 0.861. The van der Waals surface area contributed by atoms with E-state index in [0.717, 1.165) is 38.5 Å². The third kappa shape index (κ3) is 5.13. The fraction of sp³-hybridized carbons (Fsp3) is 0.893. The fourth-order valence-electron chi connectivity index (χ4n) is 7.94. The van der Waals surface area contributed by atoms with Gasteiger partial charge in [0.25, 0.3) is 0 Å². The SMILES string of the molecule is CC(=O)O[C@@H](CO[C@@H]1O[C@H](CO)[C@H](O)[C@H](O)[C@H]1O)[C@]1(C)C=C2CC[C@@H]3C(C)(C)[C@@H](O)CC[C@@]3(C)[C@@H]2CC1. The van der Waals surface area contributed by atoms with Crippen molar-refractivity contribution >= 4 is 5.97 Å². The predicted octanol–water partition coefficient (Wildman–Crippen LogP) is 1.67. The standard InChI is InChI=1S/C28H46O9/c1-15(30)36-21(14-35-25-24(34)23(33)22(32)18(13-29)37-25)27(4)10-8-17-16(12-27)6-7-19-26(2,3)20(31)9-11-28(17,19)5/h12,17-25,29,31-34H,6-11,13-14H2,1-5H3/t17-,18-,19-,20+,21+,22+,23+,24-,25-,27+,28+/m1/s1. The van der Waals surface area contributed by atoms with Crippen molar-refractivity contribution in [2.75, 3.05) is 13.2 Å². The van der Waals surface area contributed by atoms with Crippen molar-refractivity contribution in [3.63, 3.8) is 0 Å². The van der Waals surface area contributed by atoms with E-state index < -0.39 is 54.8 Å². The topological polar surface area (TPSA) is 146 Å². The van der Waals surface area contributed by atoms with Gasteiger partial charge in [-0.3, -0.25) is 4.79 Å². The molecule has 1 saturated heterocycles. The first kappa shape index (κ1) is 28.9. The van der Waals surface area contributed by atoms with Crippen LogP contribution in [0.5, 0.6) is 0 Å². The summed E-state index contributed by atoms with van der Waals surface area (Å²) >= 11 is 0. The molecule has 0 bridgehead atoms. The van der Waals surface area contributed by atoms with Crippen LogP contribution in [0.1, 0.15) is 73.1 Å². The largest absolute Gasteiger partial charge is 0.459 e. The van der Waals surface area contributed by atoms with Crippen molar-refractivity contribution < 1.29 is 44.5 Å². The molecule has 0 amide bonds. The minimum absolute atomic E-state index is 0.0771. The van der Waals surface area contributed by atoms with Crippen molar-refractivity contribution in [2.24, 2.45) is 28.1 Å². The molecule has 0 unspecified atom stereocenters. The lowest BCUT2D eigenvalue weighted by atomic mass is 9.45. The van der Waals surface area contributed by atoms with Gasteiger partial charge in [-0.05, 0) is 61.2 Å². The van der Waals surface area contributed by atoms with Crippen LogP contribution >= 0.6 is 0 Å². The number of ether oxygens (including phenoxy) is 3. The van der Waals surface area contributed by atoms with E-state index in [9.17, 15) is 30.3 Å². The molecule has 0 aromatic heterocycles. The molecule has 3 aliphatic carbocycles. The molecular formula is C28H46O9. The Bertz CT molecular complexity index is 872. The molecule has 0 radical (unpaired) electrons. The Balaban J connectivity index is 1.53. The van der Waals surface area contributed by atoms with E-state index in [1.807, 2.05) is 0 Å². The fourth-order valence-corrected chi connectivity index (χ4v) is 7.94. The van der Waals surface area contributed by atoms with Crippen molar-refractivity contribution in [2.45, 2.75) is 116 Å². The summed E-state index contributed by atoms with van der Waals surface area (Å²) in [6.45, 7) is 9.58. The molecule has 11 atom stereocenters. The Hall–Kier alpha value is -1.07. The van der Waals surface area contributed by atoms with Gasteiger partial charge in [0.2, 0.25) is 0 Å². The van der Waals surface area contributed by atoms with Crippen LogP contribution < -0.4 is 0 Å². The highest BCUT2D eigenvalue weighted by atomic mass is 16.7. The lowest BCUT2D eigenvalue weighted by molar-refractivity contribution is -0.306. The maximum Gasteiger partial charge on any atom is 0.303 e. The number of aliphatic hydroxyl groups excluding tert-OH is 5. The van der Waals surface area contributed by atoms with E-state index in [1.165, 1.54) is 12.5 Å². The summed E-state index contributed by atoms with van der Waals surface area (Å²) < 4.78 is 17.0. The molecule has 0 spiro atoms. The van der Waals surface area contributed by atoms with Crippen molar-refractivity contribution in [3.05, 3.63) is 11.6 Å². The third-order valence-electron chi connectivity index (χ3n) is 10.3. The second kappa shape index (κ2) is 10.5. The molecule has 2 saturated carbocycles. The van der Waals surface area contributed by atoms with Crippen LogP contribution in [0.4, 0.5) is 0 Å². The molecule has 1 heterocycles. The van der Waals surface area contributed by atoms with Crippen molar-refractivity contribution in [1.82, 2.24) is 0 Å². The van der Waals surface area contributed by atoms with Crippen LogP contribution in [0.15, 0.2) is 11.6 Å². The summed E-state index contributed by atoms with van der Waals surface area (Å²) in [7, 11) is 0. The molecule has 4 aliphatic rings. The number of carbonyl (C=O) groups excluding carboxylic acids is 1. The second-order valence-corrected chi connectivity index (χ2v) is 12.9. The predicted molar refractivity (Wildman–Crippen MR) is 134 cm³/mol. The molecule has 0 aromatic rings. The van der Waals surface area contributed by atoms with E-state index in [1.54, 1.807) is 0 Å². The summed E-state index contributed by atoms with van der Waals surface area (Å²) in [6.07, 6.45) is -0.0588. The Morgan fingerprint density at radius 3 is 2.41 bits per heavy atom. The maximum absolute atomic E-state index is 12.1. The number of fused-ring (bicyclic) bond motifs is 3. The average molecular weight is 527 g/mol. The highest BCUT2D eigenvalue weighted by molar-refractivity contribution is 5.66. The van der Waals surface area contributed by atoms with Gasteiger partial charge in [-0.2, -0.15) is 0 Å². The van der Waals surface area contributed by atoms with Gasteiger partial charge in [0.05, 0.1) is 19.3 Å². The number of carbonyl (C=O) groups is 1. The van der Waals surface area contributed by atoms with Gasteiger partial charge in [0.15, 0.2) is 6.29 Å². The molecule has 5 N–H and O–H groups in total. The van der Waals surface area contributed by atoms with E-state index in [2.05, 4.69) is 33.8 Å². The van der Waals surface area contributed by atoms with Crippen LogP contribution in [0.2, 0.25) is 0 Å². The Morgan fingerprint density at radius 1 is 1.05 bits per heavy atom. The van der Waals surface area contributed by atoms with Gasteiger partial charge in [0, 0.05) is 12.3 Å².